The number of benzene rings is 2. The number of carbonyl (C=O) groups excluding carboxylic acids is 4. The Bertz CT molecular complexity index is 1990. The molecule has 0 aliphatic carbocycles. The summed E-state index contributed by atoms with van der Waals surface area (Å²) in [5, 5.41) is 0. The normalized spacial score (nSPS) is 11.7. The summed E-state index contributed by atoms with van der Waals surface area (Å²) in [6.07, 6.45) is 36.2. The summed E-state index contributed by atoms with van der Waals surface area (Å²) in [7, 11) is -9.62. The number of carbonyl (C=O) groups is 4. The number of ether oxygens (including phenoxy) is 4. The Balaban J connectivity index is 0.00000132. The Morgan fingerprint density at radius 1 is 0.391 bits per heavy atom. The molecule has 0 aliphatic rings. The predicted octanol–water partition coefficient (Wildman–Crippen LogP) is 11.5. The minimum Gasteiger partial charge on any atom is -0.744 e. The van der Waals surface area contributed by atoms with Gasteiger partial charge in [0.1, 0.15) is 46.7 Å². The van der Waals surface area contributed by atoms with Gasteiger partial charge >= 0.3 is 61.6 Å². The summed E-state index contributed by atoms with van der Waals surface area (Å²) >= 11 is 0. The summed E-state index contributed by atoms with van der Waals surface area (Å²) in [6.45, 7) is 8.53. The Morgan fingerprint density at radius 2 is 0.638 bits per heavy atom. The van der Waals surface area contributed by atoms with Gasteiger partial charge in [-0.1, -0.05) is 153 Å². The molecule has 0 heterocycles. The molecule has 380 valence electrons. The summed E-state index contributed by atoms with van der Waals surface area (Å²) < 4.78 is 89.0. The van der Waals surface area contributed by atoms with Gasteiger partial charge in [0, 0.05) is 0 Å². The van der Waals surface area contributed by atoms with Crippen molar-refractivity contribution in [1.29, 1.82) is 0 Å². The summed E-state index contributed by atoms with van der Waals surface area (Å²) in [6, 6.07) is 5.88. The number of hydrogen-bond acceptors (Lipinski definition) is 14. The van der Waals surface area contributed by atoms with Crippen molar-refractivity contribution in [1.82, 2.24) is 0 Å². The summed E-state index contributed by atoms with van der Waals surface area (Å²) in [4.78, 5) is 48.9. The average Bonchev–Trinajstić information content (AvgIpc) is 3.31. The quantitative estimate of drug-likeness (QED) is 0.0159. The average molecular weight is 1030 g/mol. The molecule has 0 bridgehead atoms. The van der Waals surface area contributed by atoms with Crippen LogP contribution in [0.5, 0.6) is 0 Å². The molecular formula is C52H74CaO14S2. The first-order valence-electron chi connectivity index (χ1n) is 24.1. The van der Waals surface area contributed by atoms with Crippen LogP contribution >= 0.6 is 0 Å². The van der Waals surface area contributed by atoms with Crippen molar-refractivity contribution in [2.45, 2.75) is 166 Å². The Morgan fingerprint density at radius 3 is 0.870 bits per heavy atom. The first-order valence-corrected chi connectivity index (χ1v) is 26.9. The van der Waals surface area contributed by atoms with Crippen molar-refractivity contribution in [3.05, 3.63) is 107 Å². The number of hydrogen-bond donors (Lipinski definition) is 0. The number of esters is 4. The van der Waals surface area contributed by atoms with Crippen LogP contribution in [0.4, 0.5) is 0 Å². The van der Waals surface area contributed by atoms with Crippen molar-refractivity contribution in [2.24, 2.45) is 0 Å². The molecule has 0 N–H and O–H groups in total. The van der Waals surface area contributed by atoms with E-state index >= 15 is 0 Å². The van der Waals surface area contributed by atoms with Crippen molar-refractivity contribution >= 4 is 81.9 Å². The van der Waals surface area contributed by atoms with E-state index in [-0.39, 0.29) is 86.4 Å². The molecule has 0 atom stereocenters. The monoisotopic (exact) mass is 1030 g/mol. The number of unbranched alkanes of at least 4 members (excludes halogenated alkanes) is 16. The van der Waals surface area contributed by atoms with E-state index in [1.165, 1.54) is 25.7 Å². The Kier molecular flexibility index (Phi) is 37.9. The molecule has 0 saturated carbocycles. The van der Waals surface area contributed by atoms with E-state index < -0.39 is 53.9 Å². The predicted molar refractivity (Wildman–Crippen MR) is 267 cm³/mol. The maximum atomic E-state index is 12.5. The van der Waals surface area contributed by atoms with E-state index in [0.29, 0.717) is 0 Å². The van der Waals surface area contributed by atoms with Crippen molar-refractivity contribution < 1.29 is 64.1 Å². The van der Waals surface area contributed by atoms with E-state index in [9.17, 15) is 45.1 Å². The van der Waals surface area contributed by atoms with Crippen LogP contribution < -0.4 is 0 Å². The van der Waals surface area contributed by atoms with Crippen LogP contribution in [-0.4, -0.2) is 114 Å². The van der Waals surface area contributed by atoms with Crippen molar-refractivity contribution in [2.75, 3.05) is 26.4 Å². The van der Waals surface area contributed by atoms with Crippen molar-refractivity contribution in [3.63, 3.8) is 0 Å². The molecule has 0 fully saturated rings. The van der Waals surface area contributed by atoms with E-state index in [1.54, 1.807) is 24.3 Å². The van der Waals surface area contributed by atoms with Gasteiger partial charge in [-0.05, 0) is 87.8 Å². The van der Waals surface area contributed by atoms with Crippen LogP contribution in [0.15, 0.2) is 94.8 Å². The molecule has 69 heavy (non-hydrogen) atoms. The standard InChI is InChI=1S/2C26H38O7S.Ca/c2*1-3-5-7-9-11-13-15-19-32-25(27)23-18-17-22(34(29,30)31)21-24(23)26(28)33-20-16-14-12-10-8-6-4-2;/h2*13-18,21H,3-12,19-20H2,1-2H3,(H,29,30,31);/q;;+2/p-2/b2*15-13+,16-14+;. The SMILES string of the molecule is CCCCCC/C=C/COC(=O)c1ccc(S(=O)(=O)[O-])cc1C(=O)OC/C=C/CCCCCC.CCCCCC/C=C/COC(=O)c1ccc(S(=O)(=O)[O-])cc1C(=O)OC/C=C/CCCCCC.[Ca+2]. The van der Waals surface area contributed by atoms with Crippen molar-refractivity contribution in [3.8, 4) is 0 Å². The smallest absolute Gasteiger partial charge is 0.744 e. The zero-order valence-electron chi connectivity index (χ0n) is 41.3. The minimum absolute atomic E-state index is 0. The van der Waals surface area contributed by atoms with Gasteiger partial charge in [0.25, 0.3) is 0 Å². The Hall–Kier alpha value is -3.64. The van der Waals surface area contributed by atoms with E-state index in [1.807, 2.05) is 24.3 Å². The number of rotatable bonds is 34. The van der Waals surface area contributed by atoms with Gasteiger partial charge in [-0.15, -0.1) is 0 Å². The minimum atomic E-state index is -4.81. The molecule has 14 nitrogen and oxygen atoms in total. The van der Waals surface area contributed by atoms with E-state index in [0.717, 1.165) is 139 Å². The summed E-state index contributed by atoms with van der Waals surface area (Å²) in [5.74, 6) is -3.41. The van der Waals surface area contributed by atoms with Crippen LogP contribution in [0.1, 0.15) is 198 Å². The van der Waals surface area contributed by atoms with Gasteiger partial charge in [-0.3, -0.25) is 0 Å². The van der Waals surface area contributed by atoms with Crippen LogP contribution in [-0.2, 0) is 39.2 Å². The van der Waals surface area contributed by atoms with Gasteiger partial charge in [-0.2, -0.15) is 0 Å². The third kappa shape index (κ3) is 30.7. The second kappa shape index (κ2) is 40.0. The fraction of sp³-hybridized carbons (Fsp3) is 0.538. The molecule has 0 radical (unpaired) electrons. The second-order valence-corrected chi connectivity index (χ2v) is 18.8. The van der Waals surface area contributed by atoms with Gasteiger partial charge in [-0.25, -0.2) is 36.0 Å². The van der Waals surface area contributed by atoms with Gasteiger partial charge in [0.15, 0.2) is 0 Å². The molecule has 2 aromatic rings. The Labute approximate surface area is 442 Å². The second-order valence-electron chi connectivity index (χ2n) is 16.0. The van der Waals surface area contributed by atoms with Gasteiger partial charge in [0.2, 0.25) is 0 Å². The molecule has 0 saturated heterocycles. The van der Waals surface area contributed by atoms with Gasteiger partial charge < -0.3 is 28.1 Å². The maximum Gasteiger partial charge on any atom is 2.00 e. The third-order valence-electron chi connectivity index (χ3n) is 10.2. The molecule has 0 aromatic heterocycles. The van der Waals surface area contributed by atoms with E-state index in [4.69, 9.17) is 18.9 Å². The molecule has 2 aromatic carbocycles. The molecule has 0 amide bonds. The molecular weight excluding hydrogens is 953 g/mol. The third-order valence-corrected chi connectivity index (χ3v) is 11.9. The largest absolute Gasteiger partial charge is 2.00 e. The zero-order valence-corrected chi connectivity index (χ0v) is 45.1. The number of allylic oxidation sites excluding steroid dienone is 4. The topological polar surface area (TPSA) is 220 Å². The van der Waals surface area contributed by atoms with Crippen LogP contribution in [0.25, 0.3) is 0 Å². The first kappa shape index (κ1) is 65.4. The molecule has 0 aliphatic heterocycles. The van der Waals surface area contributed by atoms with E-state index in [2.05, 4.69) is 27.7 Å². The van der Waals surface area contributed by atoms with Crippen LogP contribution in [0.2, 0.25) is 0 Å². The summed E-state index contributed by atoms with van der Waals surface area (Å²) in [5.41, 5.74) is -0.946. The molecule has 2 rings (SSSR count). The first-order chi connectivity index (χ1) is 32.6. The fourth-order valence-electron chi connectivity index (χ4n) is 6.36. The molecule has 17 heteroatoms. The van der Waals surface area contributed by atoms with Crippen LogP contribution in [0.3, 0.4) is 0 Å². The maximum absolute atomic E-state index is 12.5. The molecule has 0 unspecified atom stereocenters. The fourth-order valence-corrected chi connectivity index (χ4v) is 7.35. The van der Waals surface area contributed by atoms with Crippen LogP contribution in [0, 0.1) is 0 Å². The van der Waals surface area contributed by atoms with Gasteiger partial charge in [0.05, 0.1) is 32.0 Å². The molecule has 0 spiro atoms. The zero-order chi connectivity index (χ0) is 50.5.